The SMILES string of the molecule is C=CCCOc1cc(F)ccc1[C@H](C)N. The molecule has 0 aliphatic heterocycles. The van der Waals surface area contributed by atoms with Crippen molar-refractivity contribution in [1.82, 2.24) is 0 Å². The summed E-state index contributed by atoms with van der Waals surface area (Å²) in [4.78, 5) is 0. The van der Waals surface area contributed by atoms with Crippen molar-refractivity contribution >= 4 is 0 Å². The van der Waals surface area contributed by atoms with E-state index in [1.807, 2.05) is 6.92 Å². The highest BCUT2D eigenvalue weighted by Gasteiger charge is 2.08. The molecule has 0 radical (unpaired) electrons. The highest BCUT2D eigenvalue weighted by molar-refractivity contribution is 5.36. The summed E-state index contributed by atoms with van der Waals surface area (Å²) < 4.78 is 18.4. The Labute approximate surface area is 89.6 Å². The van der Waals surface area contributed by atoms with Crippen molar-refractivity contribution in [2.24, 2.45) is 5.73 Å². The third kappa shape index (κ3) is 3.36. The summed E-state index contributed by atoms with van der Waals surface area (Å²) in [7, 11) is 0. The second-order valence-electron chi connectivity index (χ2n) is 3.40. The fraction of sp³-hybridized carbons (Fsp3) is 0.333. The zero-order valence-electron chi connectivity index (χ0n) is 8.87. The molecule has 1 aromatic carbocycles. The topological polar surface area (TPSA) is 35.2 Å². The quantitative estimate of drug-likeness (QED) is 0.597. The molecule has 15 heavy (non-hydrogen) atoms. The molecule has 1 atom stereocenters. The van der Waals surface area contributed by atoms with Crippen LogP contribution in [-0.2, 0) is 0 Å². The number of benzene rings is 1. The number of hydrogen-bond acceptors (Lipinski definition) is 2. The van der Waals surface area contributed by atoms with Crippen molar-refractivity contribution in [2.45, 2.75) is 19.4 Å². The Bertz CT molecular complexity index is 336. The van der Waals surface area contributed by atoms with E-state index in [4.69, 9.17) is 10.5 Å². The smallest absolute Gasteiger partial charge is 0.126 e. The zero-order chi connectivity index (χ0) is 11.3. The first-order valence-corrected chi connectivity index (χ1v) is 4.94. The van der Waals surface area contributed by atoms with Crippen molar-refractivity contribution in [1.29, 1.82) is 0 Å². The molecule has 0 spiro atoms. The van der Waals surface area contributed by atoms with Crippen LogP contribution in [0.25, 0.3) is 0 Å². The Morgan fingerprint density at radius 2 is 2.33 bits per heavy atom. The maximum Gasteiger partial charge on any atom is 0.126 e. The van der Waals surface area contributed by atoms with E-state index < -0.39 is 0 Å². The second-order valence-corrected chi connectivity index (χ2v) is 3.40. The molecule has 0 unspecified atom stereocenters. The fourth-order valence-corrected chi connectivity index (χ4v) is 1.26. The Balaban J connectivity index is 2.82. The number of hydrogen-bond donors (Lipinski definition) is 1. The molecule has 0 aliphatic rings. The van der Waals surface area contributed by atoms with Gasteiger partial charge >= 0.3 is 0 Å². The van der Waals surface area contributed by atoms with Gasteiger partial charge in [0.2, 0.25) is 0 Å². The van der Waals surface area contributed by atoms with Crippen LogP contribution in [0.2, 0.25) is 0 Å². The van der Waals surface area contributed by atoms with Crippen LogP contribution in [0.4, 0.5) is 4.39 Å². The van der Waals surface area contributed by atoms with E-state index in [0.717, 1.165) is 12.0 Å². The van der Waals surface area contributed by atoms with Gasteiger partial charge in [0.05, 0.1) is 6.61 Å². The van der Waals surface area contributed by atoms with Crippen molar-refractivity contribution in [3.63, 3.8) is 0 Å². The maximum atomic E-state index is 13.0. The maximum absolute atomic E-state index is 13.0. The van der Waals surface area contributed by atoms with Gasteiger partial charge in [0.15, 0.2) is 0 Å². The first-order chi connectivity index (χ1) is 7.15. The molecule has 2 nitrogen and oxygen atoms in total. The normalized spacial score (nSPS) is 12.2. The average molecular weight is 209 g/mol. The molecule has 0 fully saturated rings. The van der Waals surface area contributed by atoms with E-state index in [-0.39, 0.29) is 11.9 Å². The van der Waals surface area contributed by atoms with Crippen LogP contribution in [0.1, 0.15) is 24.9 Å². The minimum atomic E-state index is -0.312. The molecule has 1 rings (SSSR count). The largest absolute Gasteiger partial charge is 0.493 e. The highest BCUT2D eigenvalue weighted by Crippen LogP contribution is 2.24. The summed E-state index contributed by atoms with van der Waals surface area (Å²) in [5.41, 5.74) is 6.57. The van der Waals surface area contributed by atoms with Crippen LogP contribution in [0, 0.1) is 5.82 Å². The van der Waals surface area contributed by atoms with Crippen LogP contribution in [0.5, 0.6) is 5.75 Å². The first-order valence-electron chi connectivity index (χ1n) is 4.94. The first kappa shape index (κ1) is 11.7. The Morgan fingerprint density at radius 1 is 1.60 bits per heavy atom. The summed E-state index contributed by atoms with van der Waals surface area (Å²) in [6, 6.07) is 4.24. The van der Waals surface area contributed by atoms with Gasteiger partial charge in [0, 0.05) is 17.7 Å². The van der Waals surface area contributed by atoms with Crippen molar-refractivity contribution in [2.75, 3.05) is 6.61 Å². The third-order valence-electron chi connectivity index (χ3n) is 2.05. The summed E-state index contributed by atoms with van der Waals surface area (Å²) in [5.74, 6) is 0.208. The third-order valence-corrected chi connectivity index (χ3v) is 2.05. The van der Waals surface area contributed by atoms with Crippen LogP contribution in [0.3, 0.4) is 0 Å². The van der Waals surface area contributed by atoms with Crippen molar-refractivity contribution in [3.8, 4) is 5.75 Å². The average Bonchev–Trinajstić information content (AvgIpc) is 2.18. The van der Waals surface area contributed by atoms with Gasteiger partial charge in [-0.1, -0.05) is 12.1 Å². The Hall–Kier alpha value is -1.35. The summed E-state index contributed by atoms with van der Waals surface area (Å²) in [6.45, 7) is 5.92. The summed E-state index contributed by atoms with van der Waals surface area (Å²) in [5, 5.41) is 0. The second kappa shape index (κ2) is 5.51. The van der Waals surface area contributed by atoms with Crippen molar-refractivity contribution in [3.05, 3.63) is 42.2 Å². The molecule has 0 amide bonds. The number of ether oxygens (including phenoxy) is 1. The van der Waals surface area contributed by atoms with Gasteiger partial charge in [0.1, 0.15) is 11.6 Å². The minimum Gasteiger partial charge on any atom is -0.493 e. The minimum absolute atomic E-state index is 0.163. The Morgan fingerprint density at radius 3 is 2.93 bits per heavy atom. The van der Waals surface area contributed by atoms with Gasteiger partial charge < -0.3 is 10.5 Å². The van der Waals surface area contributed by atoms with Crippen LogP contribution in [0.15, 0.2) is 30.9 Å². The summed E-state index contributed by atoms with van der Waals surface area (Å²) >= 11 is 0. The molecule has 3 heteroatoms. The van der Waals surface area contributed by atoms with Gasteiger partial charge in [-0.3, -0.25) is 0 Å². The highest BCUT2D eigenvalue weighted by atomic mass is 19.1. The molecule has 0 saturated carbocycles. The molecular formula is C12H16FNO. The predicted molar refractivity (Wildman–Crippen MR) is 59.3 cm³/mol. The predicted octanol–water partition coefficient (Wildman–Crippen LogP) is 2.80. The molecule has 0 saturated heterocycles. The number of rotatable bonds is 5. The molecule has 1 aromatic rings. The fourth-order valence-electron chi connectivity index (χ4n) is 1.26. The lowest BCUT2D eigenvalue weighted by molar-refractivity contribution is 0.318. The molecule has 0 bridgehead atoms. The zero-order valence-corrected chi connectivity index (χ0v) is 8.87. The lowest BCUT2D eigenvalue weighted by atomic mass is 10.1. The summed E-state index contributed by atoms with van der Waals surface area (Å²) in [6.07, 6.45) is 2.49. The Kier molecular flexibility index (Phi) is 4.31. The lowest BCUT2D eigenvalue weighted by Gasteiger charge is -2.13. The van der Waals surface area contributed by atoms with E-state index in [9.17, 15) is 4.39 Å². The molecule has 0 aliphatic carbocycles. The molecule has 82 valence electrons. The van der Waals surface area contributed by atoms with Crippen LogP contribution < -0.4 is 10.5 Å². The molecular weight excluding hydrogens is 193 g/mol. The van der Waals surface area contributed by atoms with Gasteiger partial charge in [-0.15, -0.1) is 6.58 Å². The monoisotopic (exact) mass is 209 g/mol. The van der Waals surface area contributed by atoms with E-state index in [0.29, 0.717) is 12.4 Å². The molecule has 0 aromatic heterocycles. The van der Waals surface area contributed by atoms with Gasteiger partial charge in [-0.05, 0) is 19.4 Å². The van der Waals surface area contributed by atoms with Crippen molar-refractivity contribution < 1.29 is 9.13 Å². The molecule has 2 N–H and O–H groups in total. The van der Waals surface area contributed by atoms with Crippen LogP contribution >= 0.6 is 0 Å². The van der Waals surface area contributed by atoms with Crippen LogP contribution in [-0.4, -0.2) is 6.61 Å². The molecule has 0 heterocycles. The number of halogens is 1. The van der Waals surface area contributed by atoms with E-state index >= 15 is 0 Å². The van der Waals surface area contributed by atoms with E-state index in [2.05, 4.69) is 6.58 Å². The number of nitrogens with two attached hydrogens (primary N) is 1. The van der Waals surface area contributed by atoms with E-state index in [1.54, 1.807) is 12.1 Å². The van der Waals surface area contributed by atoms with Gasteiger partial charge in [-0.25, -0.2) is 4.39 Å². The van der Waals surface area contributed by atoms with E-state index in [1.165, 1.54) is 12.1 Å². The van der Waals surface area contributed by atoms with Gasteiger partial charge in [0.25, 0.3) is 0 Å². The standard InChI is InChI=1S/C12H16FNO/c1-3-4-7-15-12-8-10(13)5-6-11(12)9(2)14/h3,5-6,8-9H,1,4,7,14H2,2H3/t9-/m0/s1. The lowest BCUT2D eigenvalue weighted by Crippen LogP contribution is -2.08. The van der Waals surface area contributed by atoms with Gasteiger partial charge in [-0.2, -0.15) is 0 Å².